The highest BCUT2D eigenvalue weighted by Crippen LogP contribution is 2.29. The zero-order chi connectivity index (χ0) is 13.0. The first-order valence-electron chi connectivity index (χ1n) is 5.76. The second-order valence-electron chi connectivity index (χ2n) is 4.54. The van der Waals surface area contributed by atoms with Gasteiger partial charge in [-0.15, -0.1) is 22.7 Å². The molecular weight excluding hydrogens is 266 g/mol. The maximum absolute atomic E-state index is 9.65. The topological polar surface area (TPSA) is 52.5 Å². The van der Waals surface area contributed by atoms with Crippen molar-refractivity contribution in [1.29, 1.82) is 0 Å². The fraction of sp³-hybridized carbons (Fsp3) is 0.385. The second kappa shape index (κ2) is 5.95. The van der Waals surface area contributed by atoms with Gasteiger partial charge in [-0.05, 0) is 29.8 Å². The smallest absolute Gasteiger partial charge is 0.0972 e. The van der Waals surface area contributed by atoms with Gasteiger partial charge in [0.05, 0.1) is 12.2 Å². The van der Waals surface area contributed by atoms with Crippen molar-refractivity contribution in [2.75, 3.05) is 13.2 Å². The molecule has 0 bridgehead atoms. The SMILES string of the molecule is CC(O)(CO)CNCc1cc(-c2cccs2)cs1. The molecule has 0 radical (unpaired) electrons. The lowest BCUT2D eigenvalue weighted by Gasteiger charge is -2.20. The molecule has 0 aromatic carbocycles. The van der Waals surface area contributed by atoms with Gasteiger partial charge in [-0.3, -0.25) is 0 Å². The number of thiophene rings is 2. The van der Waals surface area contributed by atoms with Gasteiger partial charge in [0, 0.05) is 28.4 Å². The van der Waals surface area contributed by atoms with E-state index < -0.39 is 5.60 Å². The number of aliphatic hydroxyl groups is 2. The van der Waals surface area contributed by atoms with Gasteiger partial charge in [0.15, 0.2) is 0 Å². The summed E-state index contributed by atoms with van der Waals surface area (Å²) in [7, 11) is 0. The van der Waals surface area contributed by atoms with Gasteiger partial charge in [-0.25, -0.2) is 0 Å². The van der Waals surface area contributed by atoms with Crippen molar-refractivity contribution in [1.82, 2.24) is 5.32 Å². The van der Waals surface area contributed by atoms with E-state index in [0.29, 0.717) is 13.1 Å². The molecule has 2 aromatic heterocycles. The van der Waals surface area contributed by atoms with Gasteiger partial charge in [0.1, 0.15) is 0 Å². The van der Waals surface area contributed by atoms with Crippen molar-refractivity contribution < 1.29 is 10.2 Å². The van der Waals surface area contributed by atoms with E-state index in [-0.39, 0.29) is 6.61 Å². The quantitative estimate of drug-likeness (QED) is 0.762. The summed E-state index contributed by atoms with van der Waals surface area (Å²) in [6.07, 6.45) is 0. The highest BCUT2D eigenvalue weighted by molar-refractivity contribution is 7.14. The van der Waals surface area contributed by atoms with E-state index in [0.717, 1.165) is 0 Å². The highest BCUT2D eigenvalue weighted by Gasteiger charge is 2.17. The Kier molecular flexibility index (Phi) is 4.53. The number of nitrogens with one attached hydrogen (secondary N) is 1. The third-order valence-electron chi connectivity index (χ3n) is 2.61. The molecule has 3 nitrogen and oxygen atoms in total. The van der Waals surface area contributed by atoms with Crippen LogP contribution in [0.3, 0.4) is 0 Å². The van der Waals surface area contributed by atoms with Crippen LogP contribution in [0.25, 0.3) is 10.4 Å². The van der Waals surface area contributed by atoms with E-state index in [1.54, 1.807) is 29.6 Å². The zero-order valence-electron chi connectivity index (χ0n) is 10.2. The summed E-state index contributed by atoms with van der Waals surface area (Å²) in [6.45, 7) is 2.48. The fourth-order valence-corrected chi connectivity index (χ4v) is 3.20. The van der Waals surface area contributed by atoms with E-state index in [4.69, 9.17) is 5.11 Å². The van der Waals surface area contributed by atoms with Crippen LogP contribution in [0.15, 0.2) is 29.0 Å². The molecule has 0 spiro atoms. The van der Waals surface area contributed by atoms with Gasteiger partial charge in [-0.2, -0.15) is 0 Å². The Morgan fingerprint density at radius 3 is 2.89 bits per heavy atom. The molecule has 0 aliphatic heterocycles. The lowest BCUT2D eigenvalue weighted by molar-refractivity contribution is 0.00258. The standard InChI is InChI=1S/C13H17NO2S2/c1-13(16,9-15)8-14-6-11-5-10(7-18-11)12-3-2-4-17-12/h2-5,7,14-16H,6,8-9H2,1H3. The van der Waals surface area contributed by atoms with Crippen LogP contribution in [0.5, 0.6) is 0 Å². The summed E-state index contributed by atoms with van der Waals surface area (Å²) in [5.41, 5.74) is 0.203. The lowest BCUT2D eigenvalue weighted by Crippen LogP contribution is -2.40. The number of rotatable bonds is 6. The maximum Gasteiger partial charge on any atom is 0.0972 e. The summed E-state index contributed by atoms with van der Waals surface area (Å²) in [4.78, 5) is 2.51. The molecule has 5 heteroatoms. The van der Waals surface area contributed by atoms with Crippen molar-refractivity contribution in [3.63, 3.8) is 0 Å². The average Bonchev–Trinajstić information content (AvgIpc) is 2.98. The van der Waals surface area contributed by atoms with Crippen LogP contribution in [0.4, 0.5) is 0 Å². The minimum absolute atomic E-state index is 0.231. The minimum Gasteiger partial charge on any atom is -0.393 e. The summed E-state index contributed by atoms with van der Waals surface area (Å²) < 4.78 is 0. The Balaban J connectivity index is 1.88. The van der Waals surface area contributed by atoms with Crippen molar-refractivity contribution in [3.05, 3.63) is 33.8 Å². The van der Waals surface area contributed by atoms with Crippen LogP contribution < -0.4 is 5.32 Å². The van der Waals surface area contributed by atoms with Gasteiger partial charge >= 0.3 is 0 Å². The molecule has 3 N–H and O–H groups in total. The molecule has 0 saturated heterocycles. The minimum atomic E-state index is -1.05. The molecule has 0 amide bonds. The van der Waals surface area contributed by atoms with Crippen LogP contribution in [0.1, 0.15) is 11.8 Å². The van der Waals surface area contributed by atoms with Gasteiger partial charge in [-0.1, -0.05) is 6.07 Å². The van der Waals surface area contributed by atoms with Crippen LogP contribution in [-0.4, -0.2) is 29.0 Å². The van der Waals surface area contributed by atoms with Gasteiger partial charge < -0.3 is 15.5 Å². The first kappa shape index (κ1) is 13.7. The average molecular weight is 283 g/mol. The number of aliphatic hydroxyl groups excluding tert-OH is 1. The van der Waals surface area contributed by atoms with E-state index >= 15 is 0 Å². The Labute approximate surface area is 115 Å². The predicted octanol–water partition coefficient (Wildman–Crippen LogP) is 2.31. The molecule has 18 heavy (non-hydrogen) atoms. The van der Waals surface area contributed by atoms with E-state index in [2.05, 4.69) is 28.2 Å². The molecule has 1 atom stereocenters. The first-order chi connectivity index (χ1) is 8.61. The van der Waals surface area contributed by atoms with Gasteiger partial charge in [0.25, 0.3) is 0 Å². The van der Waals surface area contributed by atoms with Crippen molar-refractivity contribution in [3.8, 4) is 10.4 Å². The fourth-order valence-electron chi connectivity index (χ4n) is 1.56. The molecule has 2 heterocycles. The van der Waals surface area contributed by atoms with Crippen molar-refractivity contribution in [2.45, 2.75) is 19.1 Å². The molecule has 2 rings (SSSR count). The number of hydrogen-bond acceptors (Lipinski definition) is 5. The predicted molar refractivity (Wildman–Crippen MR) is 77.0 cm³/mol. The van der Waals surface area contributed by atoms with E-state index in [9.17, 15) is 5.11 Å². The Bertz CT molecular complexity index is 477. The summed E-state index contributed by atoms with van der Waals surface area (Å²) in [5, 5.41) is 26.0. The monoisotopic (exact) mass is 283 g/mol. The largest absolute Gasteiger partial charge is 0.393 e. The van der Waals surface area contributed by atoms with Crippen LogP contribution >= 0.6 is 22.7 Å². The van der Waals surface area contributed by atoms with Crippen molar-refractivity contribution >= 4 is 22.7 Å². The molecule has 0 aliphatic rings. The normalized spacial score (nSPS) is 14.6. The molecular formula is C13H17NO2S2. The second-order valence-corrected chi connectivity index (χ2v) is 6.48. The molecule has 98 valence electrons. The maximum atomic E-state index is 9.65. The van der Waals surface area contributed by atoms with Crippen LogP contribution in [-0.2, 0) is 6.54 Å². The Hall–Kier alpha value is -0.720. The third kappa shape index (κ3) is 3.63. The summed E-state index contributed by atoms with van der Waals surface area (Å²) in [5.74, 6) is 0. The molecule has 2 aromatic rings. The highest BCUT2D eigenvalue weighted by atomic mass is 32.1. The molecule has 0 saturated carbocycles. The number of hydrogen-bond donors (Lipinski definition) is 3. The Morgan fingerprint density at radius 1 is 1.39 bits per heavy atom. The van der Waals surface area contributed by atoms with E-state index in [1.807, 2.05) is 6.07 Å². The molecule has 1 unspecified atom stereocenters. The third-order valence-corrected chi connectivity index (χ3v) is 4.46. The van der Waals surface area contributed by atoms with Crippen LogP contribution in [0, 0.1) is 0 Å². The zero-order valence-corrected chi connectivity index (χ0v) is 11.9. The van der Waals surface area contributed by atoms with Crippen molar-refractivity contribution in [2.24, 2.45) is 0 Å². The Morgan fingerprint density at radius 2 is 2.22 bits per heavy atom. The first-order valence-corrected chi connectivity index (χ1v) is 7.52. The molecule has 0 fully saturated rings. The summed E-state index contributed by atoms with van der Waals surface area (Å²) in [6, 6.07) is 6.33. The summed E-state index contributed by atoms with van der Waals surface area (Å²) >= 11 is 3.44. The van der Waals surface area contributed by atoms with Gasteiger partial charge in [0.2, 0.25) is 0 Å². The van der Waals surface area contributed by atoms with Crippen LogP contribution in [0.2, 0.25) is 0 Å². The molecule has 0 aliphatic carbocycles. The lowest BCUT2D eigenvalue weighted by atomic mass is 10.1. The van der Waals surface area contributed by atoms with E-state index in [1.165, 1.54) is 15.3 Å².